The smallest absolute Gasteiger partial charge is 0.189 e. The van der Waals surface area contributed by atoms with Gasteiger partial charge in [-0.1, -0.05) is 42.5 Å². The minimum absolute atomic E-state index is 0.146. The zero-order valence-electron chi connectivity index (χ0n) is 17.8. The van der Waals surface area contributed by atoms with Crippen LogP contribution < -0.4 is 14.2 Å². The summed E-state index contributed by atoms with van der Waals surface area (Å²) in [6.45, 7) is 4.34. The molecule has 0 fully saturated rings. The third-order valence-corrected chi connectivity index (χ3v) is 4.87. The van der Waals surface area contributed by atoms with Crippen molar-refractivity contribution in [1.82, 2.24) is 0 Å². The van der Waals surface area contributed by atoms with Crippen LogP contribution in [0.4, 0.5) is 0 Å². The molecule has 0 unspecified atom stereocenters. The maximum atomic E-state index is 12.9. The number of aryl methyl sites for hydroxylation is 1. The molecule has 4 heteroatoms. The molecule has 154 valence electrons. The van der Waals surface area contributed by atoms with Gasteiger partial charge in [-0.3, -0.25) is 4.79 Å². The number of carbonyl (C=O) groups is 1. The molecule has 0 aliphatic heterocycles. The predicted molar refractivity (Wildman–Crippen MR) is 120 cm³/mol. The van der Waals surface area contributed by atoms with Gasteiger partial charge in [0.05, 0.1) is 19.8 Å². The summed E-state index contributed by atoms with van der Waals surface area (Å²) in [5.41, 5.74) is 4.30. The van der Waals surface area contributed by atoms with E-state index in [1.165, 1.54) is 0 Å². The number of hydrogen-bond acceptors (Lipinski definition) is 4. The average molecular weight is 402 g/mol. The van der Waals surface area contributed by atoms with Crippen molar-refractivity contribution in [2.24, 2.45) is 0 Å². The second kappa shape index (κ2) is 9.79. The lowest BCUT2D eigenvalue weighted by Gasteiger charge is -2.13. The highest BCUT2D eigenvalue weighted by atomic mass is 16.5. The highest BCUT2D eigenvalue weighted by molar-refractivity contribution is 6.09. The highest BCUT2D eigenvalue weighted by Gasteiger charge is 2.15. The van der Waals surface area contributed by atoms with Crippen LogP contribution in [-0.2, 0) is 6.61 Å². The molecular weight excluding hydrogens is 376 g/mol. The van der Waals surface area contributed by atoms with Gasteiger partial charge in [-0.05, 0) is 55.3 Å². The van der Waals surface area contributed by atoms with E-state index in [9.17, 15) is 4.79 Å². The summed E-state index contributed by atoms with van der Waals surface area (Å²) in [5, 5.41) is 0. The fourth-order valence-corrected chi connectivity index (χ4v) is 3.25. The third kappa shape index (κ3) is 4.90. The van der Waals surface area contributed by atoms with Gasteiger partial charge >= 0.3 is 0 Å². The van der Waals surface area contributed by atoms with Gasteiger partial charge in [-0.2, -0.15) is 0 Å². The van der Waals surface area contributed by atoms with Gasteiger partial charge in [0, 0.05) is 11.1 Å². The van der Waals surface area contributed by atoms with Crippen LogP contribution >= 0.6 is 0 Å². The van der Waals surface area contributed by atoms with Crippen molar-refractivity contribution in [3.63, 3.8) is 0 Å². The van der Waals surface area contributed by atoms with Gasteiger partial charge in [-0.25, -0.2) is 0 Å². The van der Waals surface area contributed by atoms with Crippen LogP contribution in [0.5, 0.6) is 17.2 Å². The Balaban J connectivity index is 1.84. The van der Waals surface area contributed by atoms with Crippen molar-refractivity contribution in [2.75, 3.05) is 14.2 Å². The van der Waals surface area contributed by atoms with Crippen LogP contribution in [0, 0.1) is 13.8 Å². The molecule has 0 atom stereocenters. The van der Waals surface area contributed by atoms with Gasteiger partial charge in [0.15, 0.2) is 5.78 Å². The van der Waals surface area contributed by atoms with Gasteiger partial charge in [0.25, 0.3) is 0 Å². The summed E-state index contributed by atoms with van der Waals surface area (Å²) in [6.07, 6.45) is 3.32. The van der Waals surface area contributed by atoms with Crippen LogP contribution in [0.25, 0.3) is 6.08 Å². The van der Waals surface area contributed by atoms with Gasteiger partial charge in [0.2, 0.25) is 0 Å². The summed E-state index contributed by atoms with van der Waals surface area (Å²) >= 11 is 0. The van der Waals surface area contributed by atoms with E-state index in [0.717, 1.165) is 28.0 Å². The monoisotopic (exact) mass is 402 g/mol. The molecule has 0 heterocycles. The molecule has 0 aliphatic rings. The number of rotatable bonds is 8. The second-order valence-electron chi connectivity index (χ2n) is 6.99. The molecule has 0 aromatic heterocycles. The number of carbonyl (C=O) groups excluding carboxylic acids is 1. The van der Waals surface area contributed by atoms with Crippen LogP contribution in [0.2, 0.25) is 0 Å². The molecule has 0 spiro atoms. The van der Waals surface area contributed by atoms with Crippen molar-refractivity contribution in [2.45, 2.75) is 20.5 Å². The SMILES string of the molecule is COc1ccc(C(=O)/C=C/c2ccc(C)cc2OCc2ccccc2)c(OC)c1C. The average Bonchev–Trinajstić information content (AvgIpc) is 2.77. The number of hydrogen-bond donors (Lipinski definition) is 0. The number of allylic oxidation sites excluding steroid dienone is 1. The van der Waals surface area contributed by atoms with Gasteiger partial charge in [0.1, 0.15) is 23.9 Å². The number of methoxy groups -OCH3 is 2. The molecule has 4 nitrogen and oxygen atoms in total. The maximum absolute atomic E-state index is 12.9. The molecule has 0 saturated heterocycles. The summed E-state index contributed by atoms with van der Waals surface area (Å²) in [7, 11) is 3.15. The lowest BCUT2D eigenvalue weighted by atomic mass is 10.0. The molecule has 0 bridgehead atoms. The third-order valence-electron chi connectivity index (χ3n) is 4.87. The first-order chi connectivity index (χ1) is 14.5. The van der Waals surface area contributed by atoms with Crippen molar-refractivity contribution in [1.29, 1.82) is 0 Å². The molecule has 0 saturated carbocycles. The highest BCUT2D eigenvalue weighted by Crippen LogP contribution is 2.32. The standard InChI is InChI=1S/C26H26O4/c1-18-10-11-21(25(16-18)30-17-20-8-6-5-7-9-20)12-14-23(27)22-13-15-24(28-3)19(2)26(22)29-4/h5-16H,17H2,1-4H3/b14-12+. The minimum atomic E-state index is -0.146. The summed E-state index contributed by atoms with van der Waals surface area (Å²) in [5.74, 6) is 1.80. The quantitative estimate of drug-likeness (QED) is 0.353. The van der Waals surface area contributed by atoms with E-state index >= 15 is 0 Å². The van der Waals surface area contributed by atoms with E-state index in [1.54, 1.807) is 38.5 Å². The van der Waals surface area contributed by atoms with E-state index in [-0.39, 0.29) is 5.78 Å². The first-order valence-corrected chi connectivity index (χ1v) is 9.75. The molecule has 0 radical (unpaired) electrons. The molecule has 0 aliphatic carbocycles. The van der Waals surface area contributed by atoms with E-state index in [0.29, 0.717) is 23.7 Å². The summed E-state index contributed by atoms with van der Waals surface area (Å²) < 4.78 is 16.8. The zero-order valence-corrected chi connectivity index (χ0v) is 17.8. The fraction of sp³-hybridized carbons (Fsp3) is 0.192. The van der Waals surface area contributed by atoms with Crippen LogP contribution in [0.15, 0.2) is 66.7 Å². The van der Waals surface area contributed by atoms with Crippen molar-refractivity contribution >= 4 is 11.9 Å². The van der Waals surface area contributed by atoms with Gasteiger partial charge in [-0.15, -0.1) is 0 Å². The lowest BCUT2D eigenvalue weighted by molar-refractivity contribution is 0.104. The Bertz CT molecular complexity index is 1050. The second-order valence-corrected chi connectivity index (χ2v) is 6.99. The Hall–Kier alpha value is -3.53. The number of ether oxygens (including phenoxy) is 3. The Morgan fingerprint density at radius 3 is 2.37 bits per heavy atom. The molecule has 30 heavy (non-hydrogen) atoms. The fourth-order valence-electron chi connectivity index (χ4n) is 3.25. The first-order valence-electron chi connectivity index (χ1n) is 9.75. The van der Waals surface area contributed by atoms with Crippen LogP contribution in [-0.4, -0.2) is 20.0 Å². The Labute approximate surface area is 177 Å². The van der Waals surface area contributed by atoms with E-state index < -0.39 is 0 Å². The van der Waals surface area contributed by atoms with E-state index in [1.807, 2.05) is 62.4 Å². The molecule has 0 N–H and O–H groups in total. The maximum Gasteiger partial charge on any atom is 0.189 e. The normalized spacial score (nSPS) is 10.8. The Morgan fingerprint density at radius 2 is 1.67 bits per heavy atom. The van der Waals surface area contributed by atoms with Crippen molar-refractivity contribution < 1.29 is 19.0 Å². The zero-order chi connectivity index (χ0) is 21.5. The van der Waals surface area contributed by atoms with Crippen LogP contribution in [0.1, 0.15) is 32.6 Å². The summed E-state index contributed by atoms with van der Waals surface area (Å²) in [4.78, 5) is 12.9. The summed E-state index contributed by atoms with van der Waals surface area (Å²) in [6, 6.07) is 19.4. The first kappa shape index (κ1) is 21.2. The largest absolute Gasteiger partial charge is 0.496 e. The molecule has 0 amide bonds. The minimum Gasteiger partial charge on any atom is -0.496 e. The topological polar surface area (TPSA) is 44.8 Å². The van der Waals surface area contributed by atoms with E-state index in [4.69, 9.17) is 14.2 Å². The molecule has 3 aromatic carbocycles. The number of ketones is 1. The molecule has 3 aromatic rings. The Kier molecular flexibility index (Phi) is 6.91. The van der Waals surface area contributed by atoms with Gasteiger partial charge < -0.3 is 14.2 Å². The van der Waals surface area contributed by atoms with Crippen molar-refractivity contribution in [3.05, 3.63) is 94.6 Å². The lowest BCUT2D eigenvalue weighted by Crippen LogP contribution is -2.02. The molecular formula is C26H26O4. The predicted octanol–water partition coefficient (Wildman–Crippen LogP) is 5.80. The number of benzene rings is 3. The molecule has 3 rings (SSSR count). The van der Waals surface area contributed by atoms with E-state index in [2.05, 4.69) is 0 Å². The Morgan fingerprint density at radius 1 is 0.900 bits per heavy atom. The van der Waals surface area contributed by atoms with Crippen molar-refractivity contribution in [3.8, 4) is 17.2 Å². The van der Waals surface area contributed by atoms with Crippen LogP contribution in [0.3, 0.4) is 0 Å².